The molecule has 1 unspecified atom stereocenters. The lowest BCUT2D eigenvalue weighted by molar-refractivity contribution is 0.576. The molecule has 0 aromatic carbocycles. The van der Waals surface area contributed by atoms with E-state index >= 15 is 0 Å². The maximum Gasteiger partial charge on any atom is 0.200 e. The predicted octanol–water partition coefficient (Wildman–Crippen LogP) is 3.71. The molecule has 1 aliphatic carbocycles. The zero-order valence-corrected chi connectivity index (χ0v) is 14.1. The second kappa shape index (κ2) is 5.16. The summed E-state index contributed by atoms with van der Waals surface area (Å²) in [5.74, 6) is 0.979. The third-order valence-electron chi connectivity index (χ3n) is 4.76. The number of nitrogen functional groups attached to an aromatic ring is 1. The number of aromatic nitrogens is 4. The van der Waals surface area contributed by atoms with Crippen LogP contribution in [0.3, 0.4) is 0 Å². The first kappa shape index (κ1) is 14.4. The average Bonchev–Trinajstić information content (AvgIpc) is 2.92. The quantitative estimate of drug-likeness (QED) is 0.669. The van der Waals surface area contributed by atoms with Crippen LogP contribution in [-0.2, 0) is 13.5 Å². The van der Waals surface area contributed by atoms with Crippen molar-refractivity contribution in [1.29, 1.82) is 0 Å². The molecule has 0 amide bonds. The largest absolute Gasteiger partial charge is 0.385 e. The van der Waals surface area contributed by atoms with Crippen molar-refractivity contribution < 1.29 is 0 Å². The van der Waals surface area contributed by atoms with Crippen LogP contribution in [0.15, 0.2) is 18.3 Å². The van der Waals surface area contributed by atoms with Gasteiger partial charge in [0.1, 0.15) is 5.82 Å². The third-order valence-corrected chi connectivity index (χ3v) is 4.95. The number of aromatic amines is 1. The number of anilines is 1. The first-order valence-corrected chi connectivity index (χ1v) is 8.31. The van der Waals surface area contributed by atoms with Gasteiger partial charge in [0.15, 0.2) is 10.4 Å². The second-order valence-corrected chi connectivity index (χ2v) is 6.69. The van der Waals surface area contributed by atoms with Crippen LogP contribution in [0.5, 0.6) is 0 Å². The molecule has 1 atom stereocenters. The van der Waals surface area contributed by atoms with Crippen LogP contribution >= 0.6 is 12.2 Å². The normalized spacial score (nSPS) is 17.4. The number of nitrogens with two attached hydrogens (primary N) is 1. The molecule has 0 aliphatic heterocycles. The first-order chi connectivity index (χ1) is 11.1. The zero-order chi connectivity index (χ0) is 16.1. The van der Waals surface area contributed by atoms with Crippen LogP contribution in [-0.4, -0.2) is 19.5 Å². The Morgan fingerprint density at radius 1 is 1.39 bits per heavy atom. The van der Waals surface area contributed by atoms with Crippen LogP contribution in [0.2, 0.25) is 0 Å². The van der Waals surface area contributed by atoms with Crippen LogP contribution in [0.25, 0.3) is 22.3 Å². The maximum absolute atomic E-state index is 6.27. The molecule has 3 heterocycles. The van der Waals surface area contributed by atoms with Crippen LogP contribution in [0.1, 0.15) is 36.9 Å². The fraction of sp³-hybridized carbons (Fsp3) is 0.353. The smallest absolute Gasteiger partial charge is 0.200 e. The summed E-state index contributed by atoms with van der Waals surface area (Å²) in [6, 6.07) is 4.17. The number of hydrogen-bond donors (Lipinski definition) is 2. The minimum absolute atomic E-state index is 0.378. The van der Waals surface area contributed by atoms with Crippen molar-refractivity contribution in [2.24, 2.45) is 7.05 Å². The Labute approximate surface area is 139 Å². The standard InChI is InChI=1S/C17H19N5S/c1-9-5-3-6-10-12(11-7-4-8-22(11)2)13-15(18)20-17(23)21-16(13)19-14(9)10/h4,7-9H,3,5-6H2,1-2H3,(H3,18,19,20,21,23). The minimum atomic E-state index is 0.378. The third kappa shape index (κ3) is 2.16. The molecule has 0 bridgehead atoms. The Bertz CT molecular complexity index is 969. The zero-order valence-electron chi connectivity index (χ0n) is 13.3. The van der Waals surface area contributed by atoms with E-state index in [1.807, 2.05) is 0 Å². The van der Waals surface area contributed by atoms with Gasteiger partial charge in [0.05, 0.1) is 5.39 Å². The van der Waals surface area contributed by atoms with Crippen LogP contribution in [0.4, 0.5) is 5.82 Å². The second-order valence-electron chi connectivity index (χ2n) is 6.30. The number of fused-ring (bicyclic) bond motifs is 2. The van der Waals surface area contributed by atoms with E-state index in [9.17, 15) is 0 Å². The Hall–Kier alpha value is -2.21. The molecule has 0 fully saturated rings. The first-order valence-electron chi connectivity index (χ1n) is 7.90. The molecule has 4 rings (SSSR count). The highest BCUT2D eigenvalue weighted by molar-refractivity contribution is 7.71. The van der Waals surface area contributed by atoms with Gasteiger partial charge < -0.3 is 15.3 Å². The van der Waals surface area contributed by atoms with E-state index < -0.39 is 0 Å². The number of nitrogens with zero attached hydrogens (tertiary/aromatic N) is 3. The molecular weight excluding hydrogens is 306 g/mol. The summed E-state index contributed by atoms with van der Waals surface area (Å²) in [5, 5.41) is 0.883. The molecule has 118 valence electrons. The highest BCUT2D eigenvalue weighted by atomic mass is 32.1. The Kier molecular flexibility index (Phi) is 3.23. The van der Waals surface area contributed by atoms with Gasteiger partial charge in [-0.05, 0) is 55.1 Å². The van der Waals surface area contributed by atoms with E-state index in [1.165, 1.54) is 12.0 Å². The van der Waals surface area contributed by atoms with E-state index in [1.54, 1.807) is 0 Å². The summed E-state index contributed by atoms with van der Waals surface area (Å²) in [7, 11) is 2.05. The lowest BCUT2D eigenvalue weighted by Crippen LogP contribution is -2.14. The number of hydrogen-bond acceptors (Lipinski definition) is 4. The molecule has 0 saturated carbocycles. The summed E-state index contributed by atoms with van der Waals surface area (Å²) in [5.41, 5.74) is 11.7. The minimum Gasteiger partial charge on any atom is -0.385 e. The number of nitrogens with one attached hydrogen (secondary N) is 1. The van der Waals surface area contributed by atoms with Crippen molar-refractivity contribution in [3.05, 3.63) is 34.4 Å². The van der Waals surface area contributed by atoms with Crippen LogP contribution < -0.4 is 5.73 Å². The Balaban J connectivity index is 2.21. The van der Waals surface area contributed by atoms with Gasteiger partial charge in [-0.2, -0.15) is 4.98 Å². The van der Waals surface area contributed by atoms with Gasteiger partial charge in [0.25, 0.3) is 0 Å². The monoisotopic (exact) mass is 325 g/mol. The lowest BCUT2D eigenvalue weighted by atomic mass is 9.83. The average molecular weight is 325 g/mol. The summed E-state index contributed by atoms with van der Waals surface area (Å²) >= 11 is 5.19. The van der Waals surface area contributed by atoms with Crippen molar-refractivity contribution >= 4 is 29.1 Å². The van der Waals surface area contributed by atoms with Crippen molar-refractivity contribution in [2.75, 3.05) is 5.73 Å². The Morgan fingerprint density at radius 3 is 2.96 bits per heavy atom. The van der Waals surface area contributed by atoms with E-state index in [0.717, 1.165) is 35.2 Å². The maximum atomic E-state index is 6.27. The fourth-order valence-electron chi connectivity index (χ4n) is 3.65. The van der Waals surface area contributed by atoms with Crippen molar-refractivity contribution in [1.82, 2.24) is 19.5 Å². The molecule has 3 N–H and O–H groups in total. The molecular formula is C17H19N5S. The summed E-state index contributed by atoms with van der Waals surface area (Å²) < 4.78 is 2.50. The molecule has 0 saturated heterocycles. The highest BCUT2D eigenvalue weighted by Gasteiger charge is 2.26. The van der Waals surface area contributed by atoms with Crippen molar-refractivity contribution in [3.8, 4) is 11.3 Å². The molecule has 0 radical (unpaired) electrons. The van der Waals surface area contributed by atoms with E-state index in [-0.39, 0.29) is 0 Å². The number of pyridine rings is 1. The van der Waals surface area contributed by atoms with E-state index in [0.29, 0.717) is 22.2 Å². The molecule has 1 aliphatic rings. The van der Waals surface area contributed by atoms with Gasteiger partial charge >= 0.3 is 0 Å². The molecule has 3 aromatic rings. The van der Waals surface area contributed by atoms with Gasteiger partial charge in [-0.25, -0.2) is 4.98 Å². The predicted molar refractivity (Wildman–Crippen MR) is 94.9 cm³/mol. The van der Waals surface area contributed by atoms with Gasteiger partial charge in [-0.3, -0.25) is 0 Å². The van der Waals surface area contributed by atoms with Gasteiger partial charge in [0.2, 0.25) is 0 Å². The van der Waals surface area contributed by atoms with Crippen molar-refractivity contribution in [3.63, 3.8) is 0 Å². The van der Waals surface area contributed by atoms with E-state index in [2.05, 4.69) is 46.8 Å². The topological polar surface area (TPSA) is 72.5 Å². The molecule has 3 aromatic heterocycles. The summed E-state index contributed by atoms with van der Waals surface area (Å²) in [6.45, 7) is 2.23. The highest BCUT2D eigenvalue weighted by Crippen LogP contribution is 2.41. The van der Waals surface area contributed by atoms with Crippen molar-refractivity contribution in [2.45, 2.75) is 32.1 Å². The SMILES string of the molecule is CC1CCCc2c1nc1nc(=S)[nH]c(N)c1c2-c1cccn1C. The number of rotatable bonds is 1. The van der Waals surface area contributed by atoms with Gasteiger partial charge in [-0.15, -0.1) is 0 Å². The number of H-pyrrole nitrogens is 1. The summed E-state index contributed by atoms with van der Waals surface area (Å²) in [4.78, 5) is 12.3. The molecule has 0 spiro atoms. The van der Waals surface area contributed by atoms with E-state index in [4.69, 9.17) is 22.9 Å². The lowest BCUT2D eigenvalue weighted by Gasteiger charge is -2.25. The molecule has 6 heteroatoms. The Morgan fingerprint density at radius 2 is 2.22 bits per heavy atom. The number of aryl methyl sites for hydroxylation is 1. The van der Waals surface area contributed by atoms with Gasteiger partial charge in [0, 0.05) is 30.2 Å². The summed E-state index contributed by atoms with van der Waals surface area (Å²) in [6.07, 6.45) is 5.41. The molecule has 23 heavy (non-hydrogen) atoms. The van der Waals surface area contributed by atoms with Crippen LogP contribution in [0, 0.1) is 4.77 Å². The van der Waals surface area contributed by atoms with Gasteiger partial charge in [-0.1, -0.05) is 6.92 Å². The molecule has 5 nitrogen and oxygen atoms in total. The fourth-order valence-corrected chi connectivity index (χ4v) is 3.85.